The van der Waals surface area contributed by atoms with Gasteiger partial charge in [0.05, 0.1) is 16.7 Å². The molecular formula is C78H66BN3S. The summed E-state index contributed by atoms with van der Waals surface area (Å²) < 4.78 is 5.18. The van der Waals surface area contributed by atoms with Crippen molar-refractivity contribution in [3.05, 3.63) is 253 Å². The fourth-order valence-corrected chi connectivity index (χ4v) is 14.9. The summed E-state index contributed by atoms with van der Waals surface area (Å²) in [6.07, 6.45) is 3.14. The Morgan fingerprint density at radius 2 is 0.952 bits per heavy atom. The summed E-state index contributed by atoms with van der Waals surface area (Å²) in [6.45, 7) is 16.5. The van der Waals surface area contributed by atoms with Crippen LogP contribution < -0.4 is 26.2 Å². The van der Waals surface area contributed by atoms with Gasteiger partial charge in [-0.3, -0.25) is 0 Å². The van der Waals surface area contributed by atoms with E-state index < -0.39 is 0 Å². The molecule has 0 saturated heterocycles. The van der Waals surface area contributed by atoms with E-state index in [2.05, 4.69) is 299 Å². The molecule has 2 aliphatic heterocycles. The number of fused-ring (bicyclic) bond motifs is 10. The maximum Gasteiger partial charge on any atom is 0.252 e. The number of anilines is 6. The topological polar surface area (TPSA) is 11.4 Å². The highest BCUT2D eigenvalue weighted by molar-refractivity contribution is 7.25. The molecule has 0 unspecified atom stereocenters. The SMILES string of the molecule is CCCCc1c(N2c3cc(-n4c5ccccc5c5ccccc54)ccc3B3c4cc(-c5ccccc5)ccc4N(c4c(-c5ccccc5)cc(C(C)(C)C)cc4-c4ccccc4)c4cc(C(C)(C)C)cc2c43)ccc2sc3ccccc3c12. The van der Waals surface area contributed by atoms with Gasteiger partial charge in [-0.05, 0) is 152 Å². The van der Waals surface area contributed by atoms with Crippen molar-refractivity contribution >= 4 is 111 Å². The molecule has 0 spiro atoms. The Bertz CT molecular complexity index is 4580. The van der Waals surface area contributed by atoms with E-state index in [0.717, 1.165) is 24.9 Å². The van der Waals surface area contributed by atoms with Gasteiger partial charge in [-0.1, -0.05) is 219 Å². The van der Waals surface area contributed by atoms with E-state index in [9.17, 15) is 0 Å². The van der Waals surface area contributed by atoms with E-state index >= 15 is 0 Å². The van der Waals surface area contributed by atoms with Crippen LogP contribution in [0.5, 0.6) is 0 Å². The van der Waals surface area contributed by atoms with Crippen molar-refractivity contribution in [2.24, 2.45) is 0 Å². The lowest BCUT2D eigenvalue weighted by Crippen LogP contribution is -2.61. The first-order chi connectivity index (χ1) is 40.4. The molecule has 0 bridgehead atoms. The van der Waals surface area contributed by atoms with Crippen LogP contribution in [0.3, 0.4) is 0 Å². The van der Waals surface area contributed by atoms with Gasteiger partial charge in [0.15, 0.2) is 0 Å². The molecule has 3 nitrogen and oxygen atoms in total. The fourth-order valence-electron chi connectivity index (χ4n) is 13.7. The number of para-hydroxylation sites is 2. The van der Waals surface area contributed by atoms with Gasteiger partial charge in [-0.15, -0.1) is 11.3 Å². The molecule has 11 aromatic carbocycles. The minimum absolute atomic E-state index is 0.124. The Hall–Kier alpha value is -8.90. The molecule has 0 fully saturated rings. The maximum atomic E-state index is 2.73. The molecule has 0 amide bonds. The standard InChI is InChI=1S/C78H66BN3S/c1-8-9-31-59-67(42-43-73-74(59)60-34-21-24-37-72(60)83-73)81-69-49-56(80-65-35-22-19-32-57(65)58-33-20-23-36-66(58)80)39-40-63(69)79-64-44-53(50-25-13-10-14-26-50)38-41-68(64)82(71-48-55(78(5,6)7)47-70(81)75(71)79)76-61(51-27-15-11-16-28-51)45-54(77(2,3)4)46-62(76)52-29-17-12-18-30-52/h10-30,32-49H,8-9,31H2,1-7H3. The first-order valence-corrected chi connectivity index (χ1v) is 30.6. The van der Waals surface area contributed by atoms with E-state index in [1.54, 1.807) is 0 Å². The highest BCUT2D eigenvalue weighted by atomic mass is 32.1. The molecular weight excluding hydrogens is 1020 g/mol. The second-order valence-corrected chi connectivity index (χ2v) is 26.2. The minimum Gasteiger partial charge on any atom is -0.311 e. The van der Waals surface area contributed by atoms with Crippen molar-refractivity contribution < 1.29 is 0 Å². The van der Waals surface area contributed by atoms with E-state index in [4.69, 9.17) is 0 Å². The van der Waals surface area contributed by atoms with Gasteiger partial charge in [-0.25, -0.2) is 0 Å². The van der Waals surface area contributed by atoms with Gasteiger partial charge in [0, 0.05) is 76.2 Å². The average molecular weight is 1090 g/mol. The highest BCUT2D eigenvalue weighted by Crippen LogP contribution is 2.54. The van der Waals surface area contributed by atoms with Crippen molar-refractivity contribution in [2.45, 2.75) is 78.6 Å². The molecule has 15 rings (SSSR count). The van der Waals surface area contributed by atoms with Gasteiger partial charge < -0.3 is 14.4 Å². The van der Waals surface area contributed by atoms with Crippen LogP contribution in [0.15, 0.2) is 237 Å². The molecule has 13 aromatic rings. The molecule has 83 heavy (non-hydrogen) atoms. The molecule has 4 heterocycles. The van der Waals surface area contributed by atoms with Crippen LogP contribution in [0.25, 0.3) is 81.0 Å². The Kier molecular flexibility index (Phi) is 12.1. The third-order valence-electron chi connectivity index (χ3n) is 17.9. The van der Waals surface area contributed by atoms with Crippen LogP contribution in [0, 0.1) is 0 Å². The number of rotatable bonds is 9. The first kappa shape index (κ1) is 51.0. The van der Waals surface area contributed by atoms with E-state index in [1.807, 2.05) is 11.3 Å². The quantitative estimate of drug-likeness (QED) is 0.133. The molecule has 0 N–H and O–H groups in total. The number of nitrogens with zero attached hydrogens (tertiary/aromatic N) is 3. The smallest absolute Gasteiger partial charge is 0.252 e. The summed E-state index contributed by atoms with van der Waals surface area (Å²) in [5.74, 6) is 0. The molecule has 0 atom stereocenters. The third-order valence-corrected chi connectivity index (χ3v) is 19.0. The second-order valence-electron chi connectivity index (χ2n) is 25.1. The van der Waals surface area contributed by atoms with Crippen LogP contribution in [0.2, 0.25) is 0 Å². The fraction of sp³-hybridized carbons (Fsp3) is 0.154. The Labute approximate surface area is 492 Å². The van der Waals surface area contributed by atoms with Gasteiger partial charge in [0.25, 0.3) is 6.71 Å². The van der Waals surface area contributed by atoms with Gasteiger partial charge in [0.1, 0.15) is 0 Å². The van der Waals surface area contributed by atoms with Gasteiger partial charge in [-0.2, -0.15) is 0 Å². The van der Waals surface area contributed by atoms with Crippen molar-refractivity contribution in [3.8, 4) is 39.1 Å². The van der Waals surface area contributed by atoms with Crippen molar-refractivity contribution in [2.75, 3.05) is 9.80 Å². The number of hydrogen-bond acceptors (Lipinski definition) is 3. The number of unbranched alkanes of at least 4 members (excludes halogenated alkanes) is 1. The minimum atomic E-state index is -0.222. The zero-order valence-corrected chi connectivity index (χ0v) is 49.3. The Morgan fingerprint density at radius 1 is 0.410 bits per heavy atom. The molecule has 0 saturated carbocycles. The summed E-state index contributed by atoms with van der Waals surface area (Å²) >= 11 is 1.92. The van der Waals surface area contributed by atoms with E-state index in [0.29, 0.717) is 0 Å². The lowest BCUT2D eigenvalue weighted by molar-refractivity contribution is 0.590. The predicted octanol–water partition coefficient (Wildman–Crippen LogP) is 20.2. The lowest BCUT2D eigenvalue weighted by Gasteiger charge is -2.46. The summed E-state index contributed by atoms with van der Waals surface area (Å²) in [7, 11) is 0. The number of hydrogen-bond donors (Lipinski definition) is 0. The van der Waals surface area contributed by atoms with Crippen LogP contribution in [-0.4, -0.2) is 11.3 Å². The maximum absolute atomic E-state index is 2.73. The second kappa shape index (κ2) is 19.6. The average Bonchev–Trinajstić information content (AvgIpc) is 1.81. The highest BCUT2D eigenvalue weighted by Gasteiger charge is 2.46. The lowest BCUT2D eigenvalue weighted by atomic mass is 9.33. The predicted molar refractivity (Wildman–Crippen MR) is 360 cm³/mol. The summed E-state index contributed by atoms with van der Waals surface area (Å²) in [4.78, 5) is 5.44. The van der Waals surface area contributed by atoms with Gasteiger partial charge in [0.2, 0.25) is 0 Å². The zero-order chi connectivity index (χ0) is 56.3. The first-order valence-electron chi connectivity index (χ1n) is 29.8. The van der Waals surface area contributed by atoms with E-state index in [-0.39, 0.29) is 17.5 Å². The number of aromatic nitrogens is 1. The molecule has 5 heteroatoms. The van der Waals surface area contributed by atoms with Crippen molar-refractivity contribution in [1.29, 1.82) is 0 Å². The monoisotopic (exact) mass is 1090 g/mol. The summed E-state index contributed by atoms with van der Waals surface area (Å²) in [6, 6.07) is 90.2. The van der Waals surface area contributed by atoms with Crippen LogP contribution >= 0.6 is 11.3 Å². The number of benzene rings is 11. The molecule has 2 aliphatic rings. The molecule has 0 aliphatic carbocycles. The Balaban J connectivity index is 1.12. The largest absolute Gasteiger partial charge is 0.311 e. The van der Waals surface area contributed by atoms with Crippen molar-refractivity contribution in [3.63, 3.8) is 0 Å². The molecule has 2 aromatic heterocycles. The normalized spacial score (nSPS) is 13.1. The Morgan fingerprint density at radius 3 is 1.57 bits per heavy atom. The van der Waals surface area contributed by atoms with Crippen molar-refractivity contribution in [1.82, 2.24) is 4.57 Å². The van der Waals surface area contributed by atoms with Crippen LogP contribution in [-0.2, 0) is 17.3 Å². The summed E-state index contributed by atoms with van der Waals surface area (Å²) in [5, 5.41) is 5.25. The van der Waals surface area contributed by atoms with Gasteiger partial charge >= 0.3 is 0 Å². The molecule has 402 valence electrons. The summed E-state index contributed by atoms with van der Waals surface area (Å²) in [5.41, 5.74) is 25.6. The zero-order valence-electron chi connectivity index (χ0n) is 48.5. The number of thiophene rings is 1. The van der Waals surface area contributed by atoms with E-state index in [1.165, 1.54) is 143 Å². The van der Waals surface area contributed by atoms with Crippen LogP contribution in [0.1, 0.15) is 78.0 Å². The third kappa shape index (κ3) is 8.29. The number of aryl methyl sites for hydroxylation is 1. The van der Waals surface area contributed by atoms with Crippen LogP contribution in [0.4, 0.5) is 34.1 Å². The molecule has 0 radical (unpaired) electrons.